The maximum Gasteiger partial charge on any atom is 0.326 e. The zero-order valence-electron chi connectivity index (χ0n) is 13.2. The van der Waals surface area contributed by atoms with Gasteiger partial charge in [-0.3, -0.25) is 4.79 Å². The van der Waals surface area contributed by atoms with E-state index in [0.29, 0.717) is 17.8 Å². The molecule has 0 fully saturated rings. The Hall–Kier alpha value is -2.57. The predicted octanol–water partition coefficient (Wildman–Crippen LogP) is 2.37. The van der Waals surface area contributed by atoms with Crippen LogP contribution in [0.4, 0.5) is 4.39 Å². The minimum atomic E-state index is -1.13. The molecule has 2 rings (SSSR count). The molecular formula is C16H18FN3O3. The van der Waals surface area contributed by atoms with Gasteiger partial charge in [0.15, 0.2) is 0 Å². The van der Waals surface area contributed by atoms with Crippen molar-refractivity contribution in [1.29, 1.82) is 0 Å². The highest BCUT2D eigenvalue weighted by Crippen LogP contribution is 2.19. The lowest BCUT2D eigenvalue weighted by Gasteiger charge is -2.14. The van der Waals surface area contributed by atoms with Crippen LogP contribution in [0.2, 0.25) is 0 Å². The first-order chi connectivity index (χ1) is 10.8. The van der Waals surface area contributed by atoms with Crippen LogP contribution in [0.3, 0.4) is 0 Å². The van der Waals surface area contributed by atoms with Gasteiger partial charge in [-0.05, 0) is 26.3 Å². The second-order valence-electron chi connectivity index (χ2n) is 5.37. The molecule has 122 valence electrons. The average Bonchev–Trinajstić information content (AvgIpc) is 2.47. The van der Waals surface area contributed by atoms with E-state index in [4.69, 9.17) is 5.11 Å². The van der Waals surface area contributed by atoms with Crippen molar-refractivity contribution < 1.29 is 19.1 Å². The number of rotatable bonds is 5. The normalized spacial score (nSPS) is 12.2. The number of aryl methyl sites for hydroxylation is 2. The molecule has 0 saturated carbocycles. The van der Waals surface area contributed by atoms with E-state index < -0.39 is 23.7 Å². The first-order valence-electron chi connectivity index (χ1n) is 7.31. The minimum absolute atomic E-state index is 0.0158. The number of carboxylic acid groups (broad SMARTS) is 1. The van der Waals surface area contributed by atoms with Gasteiger partial charge < -0.3 is 10.4 Å². The highest BCUT2D eigenvalue weighted by atomic mass is 19.1. The van der Waals surface area contributed by atoms with Crippen LogP contribution in [0.1, 0.15) is 41.5 Å². The van der Waals surface area contributed by atoms with E-state index in [1.54, 1.807) is 13.8 Å². The Balaban J connectivity index is 2.47. The summed E-state index contributed by atoms with van der Waals surface area (Å²) >= 11 is 0. The second kappa shape index (κ2) is 6.68. The predicted molar refractivity (Wildman–Crippen MR) is 82.8 cm³/mol. The van der Waals surface area contributed by atoms with Gasteiger partial charge in [-0.15, -0.1) is 0 Å². The first-order valence-corrected chi connectivity index (χ1v) is 7.31. The maximum atomic E-state index is 13.8. The third-order valence-electron chi connectivity index (χ3n) is 3.57. The number of nitrogens with zero attached hydrogens (tertiary/aromatic N) is 2. The van der Waals surface area contributed by atoms with Crippen molar-refractivity contribution in [2.75, 3.05) is 0 Å². The molecule has 0 saturated heterocycles. The number of carboxylic acids is 1. The molecular weight excluding hydrogens is 301 g/mol. The molecule has 0 aliphatic heterocycles. The number of aliphatic carboxylic acids is 1. The fourth-order valence-electron chi connectivity index (χ4n) is 2.25. The molecule has 23 heavy (non-hydrogen) atoms. The number of halogens is 1. The van der Waals surface area contributed by atoms with Crippen molar-refractivity contribution in [2.24, 2.45) is 0 Å². The molecule has 1 heterocycles. The minimum Gasteiger partial charge on any atom is -0.480 e. The van der Waals surface area contributed by atoms with Crippen molar-refractivity contribution in [3.8, 4) is 0 Å². The SMILES string of the molecule is CCCC(NC(=O)c1cc(F)cc2nc(C)c(C)nc12)C(=O)O. The number of fused-ring (bicyclic) bond motifs is 1. The molecule has 0 aliphatic rings. The summed E-state index contributed by atoms with van der Waals surface area (Å²) in [6, 6.07) is 1.23. The highest BCUT2D eigenvalue weighted by molar-refractivity contribution is 6.05. The first kappa shape index (κ1) is 16.8. The number of hydrogen-bond acceptors (Lipinski definition) is 4. The molecule has 1 aromatic heterocycles. The van der Waals surface area contributed by atoms with Crippen LogP contribution in [0, 0.1) is 19.7 Å². The standard InChI is InChI=1S/C16H18FN3O3/c1-4-5-12(16(22)23)20-15(21)11-6-10(17)7-13-14(11)19-9(3)8(2)18-13/h6-7,12H,4-5H2,1-3H3,(H,20,21)(H,22,23). The summed E-state index contributed by atoms with van der Waals surface area (Å²) in [6.45, 7) is 5.30. The number of nitrogens with one attached hydrogen (secondary N) is 1. The van der Waals surface area contributed by atoms with Crippen LogP contribution >= 0.6 is 0 Å². The number of carbonyl (C=O) groups excluding carboxylic acids is 1. The Kier molecular flexibility index (Phi) is 4.88. The topological polar surface area (TPSA) is 92.2 Å². The number of carbonyl (C=O) groups is 2. The van der Waals surface area contributed by atoms with Crippen LogP contribution in [-0.2, 0) is 4.79 Å². The van der Waals surface area contributed by atoms with E-state index >= 15 is 0 Å². The summed E-state index contributed by atoms with van der Waals surface area (Å²) in [4.78, 5) is 32.1. The van der Waals surface area contributed by atoms with Crippen LogP contribution in [0.5, 0.6) is 0 Å². The van der Waals surface area contributed by atoms with Gasteiger partial charge >= 0.3 is 5.97 Å². The summed E-state index contributed by atoms with van der Waals surface area (Å²) < 4.78 is 13.8. The van der Waals surface area contributed by atoms with Gasteiger partial charge in [-0.25, -0.2) is 19.2 Å². The van der Waals surface area contributed by atoms with Crippen LogP contribution < -0.4 is 5.32 Å². The van der Waals surface area contributed by atoms with E-state index in [1.165, 1.54) is 6.07 Å². The fourth-order valence-corrected chi connectivity index (χ4v) is 2.25. The highest BCUT2D eigenvalue weighted by Gasteiger charge is 2.22. The van der Waals surface area contributed by atoms with Crippen molar-refractivity contribution >= 4 is 22.9 Å². The van der Waals surface area contributed by atoms with Crippen LogP contribution in [0.15, 0.2) is 12.1 Å². The van der Waals surface area contributed by atoms with Gasteiger partial charge in [0, 0.05) is 6.07 Å². The molecule has 1 unspecified atom stereocenters. The summed E-state index contributed by atoms with van der Waals surface area (Å²) in [5, 5.41) is 11.5. The van der Waals surface area contributed by atoms with Crippen molar-refractivity contribution in [1.82, 2.24) is 15.3 Å². The Bertz CT molecular complexity index is 777. The smallest absolute Gasteiger partial charge is 0.326 e. The Morgan fingerprint density at radius 3 is 2.52 bits per heavy atom. The van der Waals surface area contributed by atoms with Gasteiger partial charge in [0.1, 0.15) is 17.4 Å². The third-order valence-corrected chi connectivity index (χ3v) is 3.57. The quantitative estimate of drug-likeness (QED) is 0.882. The Morgan fingerprint density at radius 1 is 1.26 bits per heavy atom. The Labute approximate surface area is 132 Å². The summed E-state index contributed by atoms with van der Waals surface area (Å²) in [5.74, 6) is -2.42. The lowest BCUT2D eigenvalue weighted by atomic mass is 10.1. The average molecular weight is 319 g/mol. The summed E-state index contributed by atoms with van der Waals surface area (Å²) in [6.07, 6.45) is 0.886. The number of hydrogen-bond donors (Lipinski definition) is 2. The molecule has 0 spiro atoms. The number of benzene rings is 1. The van der Waals surface area contributed by atoms with Gasteiger partial charge in [0.05, 0.1) is 22.5 Å². The molecule has 1 amide bonds. The third kappa shape index (κ3) is 3.61. The van der Waals surface area contributed by atoms with Crippen molar-refractivity contribution in [3.63, 3.8) is 0 Å². The van der Waals surface area contributed by atoms with Gasteiger partial charge in [-0.2, -0.15) is 0 Å². The lowest BCUT2D eigenvalue weighted by molar-refractivity contribution is -0.139. The molecule has 0 aliphatic carbocycles. The van der Waals surface area contributed by atoms with E-state index in [-0.39, 0.29) is 23.0 Å². The van der Waals surface area contributed by atoms with Crippen LogP contribution in [-0.4, -0.2) is 33.0 Å². The number of amides is 1. The molecule has 0 radical (unpaired) electrons. The van der Waals surface area contributed by atoms with Gasteiger partial charge in [-0.1, -0.05) is 13.3 Å². The summed E-state index contributed by atoms with van der Waals surface area (Å²) in [5.41, 5.74) is 1.77. The van der Waals surface area contributed by atoms with E-state index in [0.717, 1.165) is 6.07 Å². The van der Waals surface area contributed by atoms with Crippen LogP contribution in [0.25, 0.3) is 11.0 Å². The van der Waals surface area contributed by atoms with E-state index in [9.17, 15) is 14.0 Å². The maximum absolute atomic E-state index is 13.8. The molecule has 1 atom stereocenters. The lowest BCUT2D eigenvalue weighted by Crippen LogP contribution is -2.40. The second-order valence-corrected chi connectivity index (χ2v) is 5.37. The van der Waals surface area contributed by atoms with Gasteiger partial charge in [0.25, 0.3) is 5.91 Å². The van der Waals surface area contributed by atoms with E-state index in [2.05, 4.69) is 15.3 Å². The van der Waals surface area contributed by atoms with Crippen molar-refractivity contribution in [3.05, 3.63) is 34.9 Å². The van der Waals surface area contributed by atoms with E-state index in [1.807, 2.05) is 6.92 Å². The Morgan fingerprint density at radius 2 is 1.91 bits per heavy atom. The number of aromatic nitrogens is 2. The molecule has 1 aromatic carbocycles. The molecule has 0 bridgehead atoms. The molecule has 7 heteroatoms. The largest absolute Gasteiger partial charge is 0.480 e. The fraction of sp³-hybridized carbons (Fsp3) is 0.375. The monoisotopic (exact) mass is 319 g/mol. The molecule has 2 aromatic rings. The molecule has 2 N–H and O–H groups in total. The zero-order chi connectivity index (χ0) is 17.1. The summed E-state index contributed by atoms with van der Waals surface area (Å²) in [7, 11) is 0. The van der Waals surface area contributed by atoms with Gasteiger partial charge in [0.2, 0.25) is 0 Å². The van der Waals surface area contributed by atoms with Crippen molar-refractivity contribution in [2.45, 2.75) is 39.7 Å². The molecule has 6 nitrogen and oxygen atoms in total. The zero-order valence-corrected chi connectivity index (χ0v) is 13.2.